The molecule has 2 fully saturated rings. The van der Waals surface area contributed by atoms with Crippen molar-refractivity contribution in [1.29, 1.82) is 0 Å². The van der Waals surface area contributed by atoms with Crippen LogP contribution in [0.3, 0.4) is 0 Å². The van der Waals surface area contributed by atoms with E-state index in [-0.39, 0.29) is 11.5 Å². The zero-order valence-corrected chi connectivity index (χ0v) is 12.7. The Morgan fingerprint density at radius 3 is 2.90 bits per heavy atom. The van der Waals surface area contributed by atoms with Crippen LogP contribution in [0.15, 0.2) is 30.4 Å². The number of hydrogen-bond acceptors (Lipinski definition) is 2. The maximum absolute atomic E-state index is 10.3. The van der Waals surface area contributed by atoms with Gasteiger partial charge in [0.25, 0.3) is 0 Å². The third-order valence-corrected chi connectivity index (χ3v) is 6.71. The predicted molar refractivity (Wildman–Crippen MR) is 83.3 cm³/mol. The highest BCUT2D eigenvalue weighted by Crippen LogP contribution is 2.62. The number of aliphatic hydroxyl groups is 1. The average Bonchev–Trinajstić information content (AvgIpc) is 2.70. The lowest BCUT2D eigenvalue weighted by atomic mass is 9.55. The highest BCUT2D eigenvalue weighted by Gasteiger charge is 2.54. The van der Waals surface area contributed by atoms with E-state index in [0.29, 0.717) is 23.5 Å². The zero-order valence-electron chi connectivity index (χ0n) is 12.7. The molecule has 21 heavy (non-hydrogen) atoms. The Morgan fingerprint density at radius 1 is 1.29 bits per heavy atom. The van der Waals surface area contributed by atoms with Gasteiger partial charge in [-0.2, -0.15) is 0 Å². The van der Waals surface area contributed by atoms with Gasteiger partial charge in [-0.25, -0.2) is 0 Å². The van der Waals surface area contributed by atoms with Crippen LogP contribution in [0.4, 0.5) is 0 Å². The van der Waals surface area contributed by atoms with Gasteiger partial charge in [0, 0.05) is 0 Å². The number of benzene rings is 1. The third kappa shape index (κ3) is 1.75. The van der Waals surface area contributed by atoms with Crippen molar-refractivity contribution >= 4 is 0 Å². The van der Waals surface area contributed by atoms with Crippen molar-refractivity contribution < 1.29 is 10.2 Å². The van der Waals surface area contributed by atoms with Crippen LogP contribution in [-0.2, 0) is 6.42 Å². The van der Waals surface area contributed by atoms with Crippen molar-refractivity contribution in [2.75, 3.05) is 0 Å². The highest BCUT2D eigenvalue weighted by atomic mass is 16.3. The normalized spacial score (nSPS) is 41.3. The Bertz CT molecular complexity index is 606. The predicted octanol–water partition coefficient (Wildman–Crippen LogP) is 3.78. The van der Waals surface area contributed by atoms with Crippen molar-refractivity contribution in [3.8, 4) is 5.75 Å². The molecule has 0 radical (unpaired) electrons. The molecule has 0 saturated heterocycles. The largest absolute Gasteiger partial charge is 0.508 e. The van der Waals surface area contributed by atoms with E-state index < -0.39 is 0 Å². The molecule has 0 amide bonds. The summed E-state index contributed by atoms with van der Waals surface area (Å²) >= 11 is 0. The van der Waals surface area contributed by atoms with Gasteiger partial charge < -0.3 is 10.2 Å². The second-order valence-corrected chi connectivity index (χ2v) is 7.53. The minimum absolute atomic E-state index is 0.134. The summed E-state index contributed by atoms with van der Waals surface area (Å²) in [6, 6.07) is 5.91. The summed E-state index contributed by atoms with van der Waals surface area (Å²) in [6.07, 6.45) is 5.14. The van der Waals surface area contributed by atoms with Crippen LogP contribution < -0.4 is 0 Å². The highest BCUT2D eigenvalue weighted by molar-refractivity contribution is 5.41. The number of phenols is 1. The maximum atomic E-state index is 10.3. The summed E-state index contributed by atoms with van der Waals surface area (Å²) in [5, 5.41) is 20.0. The van der Waals surface area contributed by atoms with Gasteiger partial charge in [0.1, 0.15) is 5.75 Å². The smallest absolute Gasteiger partial charge is 0.115 e. The number of aryl methyl sites for hydroxylation is 1. The van der Waals surface area contributed by atoms with E-state index in [4.69, 9.17) is 0 Å². The number of fused-ring (bicyclic) bond motifs is 5. The molecule has 5 atom stereocenters. The summed E-state index contributed by atoms with van der Waals surface area (Å²) in [5.41, 5.74) is 3.98. The molecule has 0 aliphatic heterocycles. The fourth-order valence-electron chi connectivity index (χ4n) is 5.49. The first kappa shape index (κ1) is 13.4. The molecule has 1 aromatic carbocycles. The lowest BCUT2D eigenvalue weighted by Crippen LogP contribution is -2.40. The molecule has 2 nitrogen and oxygen atoms in total. The standard InChI is InChI=1S/C19H24O2/c1-11-18(21)10-17-16-5-3-12-9-13(20)4-6-14(12)15(16)7-8-19(11,17)2/h4,6,9,15-18,20-21H,1,3,5,7-8,10H2,2H3/t15-,16-,17+,18+,19-/m1/s1. The molecule has 0 unspecified atom stereocenters. The van der Waals surface area contributed by atoms with Crippen LogP contribution in [0, 0.1) is 17.3 Å². The second kappa shape index (κ2) is 4.36. The van der Waals surface area contributed by atoms with Crippen molar-refractivity contribution in [3.63, 3.8) is 0 Å². The monoisotopic (exact) mass is 284 g/mol. The zero-order chi connectivity index (χ0) is 14.8. The molecular weight excluding hydrogens is 260 g/mol. The van der Waals surface area contributed by atoms with E-state index in [0.717, 1.165) is 24.8 Å². The first-order valence-electron chi connectivity index (χ1n) is 8.20. The Kier molecular flexibility index (Phi) is 2.78. The molecule has 112 valence electrons. The summed E-state index contributed by atoms with van der Waals surface area (Å²) in [5.74, 6) is 2.22. The van der Waals surface area contributed by atoms with Gasteiger partial charge in [-0.3, -0.25) is 0 Å². The quantitative estimate of drug-likeness (QED) is 0.712. The second-order valence-electron chi connectivity index (χ2n) is 7.53. The summed E-state index contributed by atoms with van der Waals surface area (Å²) in [6.45, 7) is 6.52. The van der Waals surface area contributed by atoms with Crippen LogP contribution in [0.5, 0.6) is 5.75 Å². The number of aliphatic hydroxyl groups excluding tert-OH is 1. The molecule has 3 aliphatic rings. The topological polar surface area (TPSA) is 40.5 Å². The van der Waals surface area contributed by atoms with E-state index in [1.807, 2.05) is 12.1 Å². The molecule has 2 N–H and O–H groups in total. The van der Waals surface area contributed by atoms with Crippen molar-refractivity contribution in [1.82, 2.24) is 0 Å². The molecule has 0 spiro atoms. The van der Waals surface area contributed by atoms with Gasteiger partial charge in [0.15, 0.2) is 0 Å². The first-order valence-corrected chi connectivity index (χ1v) is 8.20. The van der Waals surface area contributed by atoms with Gasteiger partial charge in [-0.15, -0.1) is 0 Å². The molecule has 0 aromatic heterocycles. The maximum Gasteiger partial charge on any atom is 0.115 e. The number of hydrogen-bond donors (Lipinski definition) is 2. The van der Waals surface area contributed by atoms with Crippen LogP contribution in [0.1, 0.15) is 49.7 Å². The van der Waals surface area contributed by atoms with Gasteiger partial charge >= 0.3 is 0 Å². The minimum Gasteiger partial charge on any atom is -0.508 e. The van der Waals surface area contributed by atoms with Crippen LogP contribution in [0.25, 0.3) is 0 Å². The molecular formula is C19H24O2. The van der Waals surface area contributed by atoms with E-state index in [2.05, 4.69) is 19.6 Å². The SMILES string of the molecule is C=C1[C@@H](O)C[C@H]2[C@@H]3CCc4cc(O)ccc4[C@H]3CC[C@]12C. The fraction of sp³-hybridized carbons (Fsp3) is 0.579. The Labute approximate surface area is 126 Å². The summed E-state index contributed by atoms with van der Waals surface area (Å²) < 4.78 is 0. The fourth-order valence-corrected chi connectivity index (χ4v) is 5.49. The molecule has 0 bridgehead atoms. The van der Waals surface area contributed by atoms with Crippen LogP contribution >= 0.6 is 0 Å². The van der Waals surface area contributed by atoms with Crippen molar-refractivity contribution in [2.45, 2.75) is 51.0 Å². The molecule has 2 saturated carbocycles. The van der Waals surface area contributed by atoms with Crippen LogP contribution in [0.2, 0.25) is 0 Å². The van der Waals surface area contributed by atoms with E-state index in [9.17, 15) is 10.2 Å². The third-order valence-electron chi connectivity index (χ3n) is 6.71. The molecule has 2 heteroatoms. The number of phenolic OH excluding ortho intramolecular Hbond substituents is 1. The van der Waals surface area contributed by atoms with Crippen molar-refractivity contribution in [2.24, 2.45) is 17.3 Å². The lowest BCUT2D eigenvalue weighted by molar-refractivity contribution is 0.0783. The summed E-state index contributed by atoms with van der Waals surface area (Å²) in [7, 11) is 0. The number of aromatic hydroxyl groups is 1. The molecule has 4 rings (SSSR count). The first-order chi connectivity index (χ1) is 10.0. The van der Waals surface area contributed by atoms with Gasteiger partial charge in [0.2, 0.25) is 0 Å². The van der Waals surface area contributed by atoms with Gasteiger partial charge in [-0.1, -0.05) is 19.6 Å². The molecule has 1 aromatic rings. The van der Waals surface area contributed by atoms with E-state index in [1.165, 1.54) is 24.0 Å². The van der Waals surface area contributed by atoms with Gasteiger partial charge in [-0.05, 0) is 84.1 Å². The molecule has 3 aliphatic carbocycles. The van der Waals surface area contributed by atoms with Crippen molar-refractivity contribution in [3.05, 3.63) is 41.5 Å². The lowest BCUT2D eigenvalue weighted by Gasteiger charge is -2.49. The number of rotatable bonds is 0. The molecule has 0 heterocycles. The van der Waals surface area contributed by atoms with Gasteiger partial charge in [0.05, 0.1) is 6.10 Å². The van der Waals surface area contributed by atoms with E-state index >= 15 is 0 Å². The van der Waals surface area contributed by atoms with E-state index in [1.54, 1.807) is 0 Å². The summed E-state index contributed by atoms with van der Waals surface area (Å²) in [4.78, 5) is 0. The average molecular weight is 284 g/mol. The van der Waals surface area contributed by atoms with Crippen LogP contribution in [-0.4, -0.2) is 16.3 Å². The Morgan fingerprint density at radius 2 is 2.10 bits per heavy atom. The minimum atomic E-state index is -0.306. The Balaban J connectivity index is 1.73. The Hall–Kier alpha value is -1.28.